The predicted octanol–water partition coefficient (Wildman–Crippen LogP) is 4.21. The number of amides is 1. The minimum atomic E-state index is -0.0547. The van der Waals surface area contributed by atoms with Crippen LogP contribution in [0, 0.1) is 0 Å². The number of thioether (sulfide) groups is 1. The molecule has 0 unspecified atom stereocenters. The summed E-state index contributed by atoms with van der Waals surface area (Å²) >= 11 is 1.40. The van der Waals surface area contributed by atoms with Crippen LogP contribution < -0.4 is 10.2 Å². The molecule has 3 aromatic rings. The lowest BCUT2D eigenvalue weighted by atomic mass is 10.2. The van der Waals surface area contributed by atoms with Crippen LogP contribution in [0.25, 0.3) is 0 Å². The van der Waals surface area contributed by atoms with E-state index in [0.717, 1.165) is 42.3 Å². The summed E-state index contributed by atoms with van der Waals surface area (Å²) in [6.45, 7) is 0.914. The molecule has 8 heteroatoms. The van der Waals surface area contributed by atoms with Gasteiger partial charge in [-0.05, 0) is 53.5 Å². The second-order valence-electron chi connectivity index (χ2n) is 7.73. The van der Waals surface area contributed by atoms with Crippen molar-refractivity contribution >= 4 is 34.7 Å². The highest BCUT2D eigenvalue weighted by Gasteiger charge is 2.24. The Labute approximate surface area is 179 Å². The number of nitrogens with zero attached hydrogens (tertiary/aromatic N) is 5. The average molecular weight is 421 g/mol. The third kappa shape index (κ3) is 3.79. The molecule has 0 saturated heterocycles. The molecule has 1 aliphatic carbocycles. The second-order valence-corrected chi connectivity index (χ2v) is 8.67. The van der Waals surface area contributed by atoms with E-state index in [1.165, 1.54) is 35.9 Å². The van der Waals surface area contributed by atoms with Crippen molar-refractivity contribution in [3.63, 3.8) is 0 Å². The fourth-order valence-electron chi connectivity index (χ4n) is 4.38. The molecule has 30 heavy (non-hydrogen) atoms. The summed E-state index contributed by atoms with van der Waals surface area (Å²) in [7, 11) is 0. The summed E-state index contributed by atoms with van der Waals surface area (Å²) in [6, 6.07) is 16.8. The largest absolute Gasteiger partial charge is 0.339 e. The van der Waals surface area contributed by atoms with E-state index in [2.05, 4.69) is 56.1 Å². The zero-order valence-corrected chi connectivity index (χ0v) is 17.5. The predicted molar refractivity (Wildman–Crippen MR) is 118 cm³/mol. The van der Waals surface area contributed by atoms with Gasteiger partial charge in [0, 0.05) is 12.2 Å². The third-order valence-corrected chi connectivity index (χ3v) is 6.76. The Morgan fingerprint density at radius 3 is 2.70 bits per heavy atom. The monoisotopic (exact) mass is 420 g/mol. The van der Waals surface area contributed by atoms with Crippen LogP contribution >= 0.6 is 11.8 Å². The van der Waals surface area contributed by atoms with Gasteiger partial charge in [-0.25, -0.2) is 4.68 Å². The Morgan fingerprint density at radius 1 is 1.07 bits per heavy atom. The van der Waals surface area contributed by atoms with Gasteiger partial charge in [-0.2, -0.15) is 0 Å². The van der Waals surface area contributed by atoms with Crippen LogP contribution in [0.2, 0.25) is 0 Å². The van der Waals surface area contributed by atoms with Gasteiger partial charge in [0.1, 0.15) is 0 Å². The van der Waals surface area contributed by atoms with Crippen molar-refractivity contribution in [2.75, 3.05) is 22.5 Å². The van der Waals surface area contributed by atoms with Gasteiger partial charge in [0.25, 0.3) is 0 Å². The van der Waals surface area contributed by atoms with E-state index in [0.29, 0.717) is 6.04 Å². The fraction of sp³-hybridized carbons (Fsp3) is 0.364. The summed E-state index contributed by atoms with van der Waals surface area (Å²) in [6.07, 6.45) is 5.65. The number of anilines is 3. The molecule has 2 aliphatic rings. The molecule has 1 N–H and O–H groups in total. The average Bonchev–Trinajstić information content (AvgIpc) is 3.52. The van der Waals surface area contributed by atoms with Crippen molar-refractivity contribution in [1.82, 2.24) is 20.2 Å². The SMILES string of the molecule is O=C(CSc1nnnn1C1CCCC1)Nc1ccccc1N1CCc2ccccc21. The van der Waals surface area contributed by atoms with Crippen molar-refractivity contribution in [3.05, 3.63) is 54.1 Å². The highest BCUT2D eigenvalue weighted by Crippen LogP contribution is 2.38. The molecule has 1 fully saturated rings. The van der Waals surface area contributed by atoms with E-state index in [1.54, 1.807) is 0 Å². The molecule has 2 aromatic carbocycles. The minimum Gasteiger partial charge on any atom is -0.339 e. The maximum Gasteiger partial charge on any atom is 0.234 e. The first-order valence-corrected chi connectivity index (χ1v) is 11.4. The van der Waals surface area contributed by atoms with Crippen LogP contribution in [0.3, 0.4) is 0 Å². The number of aromatic nitrogens is 4. The van der Waals surface area contributed by atoms with Crippen LogP contribution in [0.1, 0.15) is 37.3 Å². The number of benzene rings is 2. The van der Waals surface area contributed by atoms with Gasteiger partial charge in [0.2, 0.25) is 11.1 Å². The minimum absolute atomic E-state index is 0.0547. The second kappa shape index (κ2) is 8.47. The topological polar surface area (TPSA) is 75.9 Å². The lowest BCUT2D eigenvalue weighted by molar-refractivity contribution is -0.113. The van der Waals surface area contributed by atoms with Crippen molar-refractivity contribution < 1.29 is 4.79 Å². The quantitative estimate of drug-likeness (QED) is 0.602. The summed E-state index contributed by atoms with van der Waals surface area (Å²) in [4.78, 5) is 15.0. The van der Waals surface area contributed by atoms with Gasteiger partial charge >= 0.3 is 0 Å². The molecule has 1 aliphatic heterocycles. The first kappa shape index (κ1) is 19.1. The smallest absolute Gasteiger partial charge is 0.234 e. The zero-order chi connectivity index (χ0) is 20.3. The molecule has 1 aromatic heterocycles. The highest BCUT2D eigenvalue weighted by atomic mass is 32.2. The fourth-order valence-corrected chi connectivity index (χ4v) is 5.12. The highest BCUT2D eigenvalue weighted by molar-refractivity contribution is 7.99. The number of hydrogen-bond donors (Lipinski definition) is 1. The Morgan fingerprint density at radius 2 is 1.83 bits per heavy atom. The van der Waals surface area contributed by atoms with E-state index in [9.17, 15) is 4.79 Å². The van der Waals surface area contributed by atoms with Crippen molar-refractivity contribution in [3.8, 4) is 0 Å². The normalized spacial score (nSPS) is 16.1. The number of hydrogen-bond acceptors (Lipinski definition) is 6. The van der Waals surface area contributed by atoms with Gasteiger partial charge < -0.3 is 10.2 Å². The molecule has 154 valence electrons. The van der Waals surface area contributed by atoms with E-state index >= 15 is 0 Å². The summed E-state index contributed by atoms with van der Waals surface area (Å²) in [5, 5.41) is 15.9. The van der Waals surface area contributed by atoms with Crippen molar-refractivity contribution in [2.24, 2.45) is 0 Å². The molecule has 5 rings (SSSR count). The third-order valence-electron chi connectivity index (χ3n) is 5.82. The number of nitrogens with one attached hydrogen (secondary N) is 1. The van der Waals surface area contributed by atoms with Crippen LogP contribution in [-0.2, 0) is 11.2 Å². The van der Waals surface area contributed by atoms with Crippen molar-refractivity contribution in [2.45, 2.75) is 43.3 Å². The number of fused-ring (bicyclic) bond motifs is 1. The number of carbonyl (C=O) groups is 1. The summed E-state index contributed by atoms with van der Waals surface area (Å²) in [5.74, 6) is 0.221. The van der Waals surface area contributed by atoms with Gasteiger partial charge in [-0.1, -0.05) is 54.9 Å². The first-order chi connectivity index (χ1) is 14.8. The van der Waals surface area contributed by atoms with Crippen molar-refractivity contribution in [1.29, 1.82) is 0 Å². The Kier molecular flexibility index (Phi) is 5.40. The molecule has 1 amide bonds. The number of para-hydroxylation sites is 3. The molecular formula is C22H24N6OS. The van der Waals surface area contributed by atoms with E-state index < -0.39 is 0 Å². The molecule has 0 spiro atoms. The first-order valence-electron chi connectivity index (χ1n) is 10.4. The van der Waals surface area contributed by atoms with Crippen LogP contribution in [0.4, 0.5) is 17.1 Å². The molecule has 1 saturated carbocycles. The van der Waals surface area contributed by atoms with Gasteiger partial charge in [0.05, 0.1) is 23.2 Å². The van der Waals surface area contributed by atoms with Crippen LogP contribution in [-0.4, -0.2) is 38.4 Å². The number of tetrazole rings is 1. The van der Waals surface area contributed by atoms with Gasteiger partial charge in [0.15, 0.2) is 0 Å². The lowest BCUT2D eigenvalue weighted by Gasteiger charge is -2.23. The van der Waals surface area contributed by atoms with Gasteiger partial charge in [-0.15, -0.1) is 5.10 Å². The van der Waals surface area contributed by atoms with E-state index in [1.807, 2.05) is 22.9 Å². The Hall–Kier alpha value is -2.87. The summed E-state index contributed by atoms with van der Waals surface area (Å²) < 4.78 is 1.89. The molecule has 2 heterocycles. The molecular weight excluding hydrogens is 396 g/mol. The maximum atomic E-state index is 12.7. The Balaban J connectivity index is 1.27. The molecule has 0 bridgehead atoms. The van der Waals surface area contributed by atoms with Crippen LogP contribution in [0.5, 0.6) is 0 Å². The molecule has 7 nitrogen and oxygen atoms in total. The van der Waals surface area contributed by atoms with E-state index in [-0.39, 0.29) is 11.7 Å². The lowest BCUT2D eigenvalue weighted by Crippen LogP contribution is -2.19. The molecule has 0 atom stereocenters. The number of rotatable bonds is 6. The van der Waals surface area contributed by atoms with Crippen LogP contribution in [0.15, 0.2) is 53.7 Å². The standard InChI is InChI=1S/C22H24N6OS/c29-21(15-30-22-24-25-26-28(22)17-8-2-3-9-17)23-18-10-4-6-12-20(18)27-14-13-16-7-1-5-11-19(16)27/h1,4-7,10-12,17H,2-3,8-9,13-15H2,(H,23,29). The Bertz CT molecular complexity index is 1050. The number of carbonyl (C=O) groups excluding carboxylic acids is 1. The summed E-state index contributed by atoms with van der Waals surface area (Å²) in [5.41, 5.74) is 4.41. The van der Waals surface area contributed by atoms with E-state index in [4.69, 9.17) is 0 Å². The zero-order valence-electron chi connectivity index (χ0n) is 16.7. The van der Waals surface area contributed by atoms with Gasteiger partial charge in [-0.3, -0.25) is 4.79 Å². The maximum absolute atomic E-state index is 12.7. The molecule has 0 radical (unpaired) electrons.